The van der Waals surface area contributed by atoms with E-state index >= 15 is 0 Å². The van der Waals surface area contributed by atoms with Gasteiger partial charge in [-0.1, -0.05) is 49.8 Å². The van der Waals surface area contributed by atoms with Crippen LogP contribution in [0.1, 0.15) is 52.9 Å². The van der Waals surface area contributed by atoms with Crippen LogP contribution in [0.15, 0.2) is 0 Å². The van der Waals surface area contributed by atoms with Crippen LogP contribution < -0.4 is 0 Å². The average molecular weight is 266 g/mol. The normalized spacial score (nSPS) is 43.6. The van der Waals surface area contributed by atoms with Crippen molar-refractivity contribution in [2.75, 3.05) is 0 Å². The first kappa shape index (κ1) is 9.82. The summed E-state index contributed by atoms with van der Waals surface area (Å²) in [6, 6.07) is 0. The fourth-order valence-corrected chi connectivity index (χ4v) is 3.60. The van der Waals surface area contributed by atoms with Crippen LogP contribution in [0.4, 0.5) is 0 Å². The standard InChI is InChI=1S/C10H19I/c1-4-6-10(5-2)8-7-9(10,3)11/h4-8H2,1-3H3. The van der Waals surface area contributed by atoms with Crippen molar-refractivity contribution in [3.63, 3.8) is 0 Å². The molecule has 1 aliphatic rings. The average Bonchev–Trinajstić information content (AvgIpc) is 1.98. The van der Waals surface area contributed by atoms with E-state index in [4.69, 9.17) is 0 Å². The zero-order valence-electron chi connectivity index (χ0n) is 7.91. The second kappa shape index (κ2) is 3.23. The largest absolute Gasteiger partial charge is 0.0786 e. The van der Waals surface area contributed by atoms with Crippen LogP contribution in [-0.4, -0.2) is 3.42 Å². The summed E-state index contributed by atoms with van der Waals surface area (Å²) in [5.74, 6) is 0. The lowest BCUT2D eigenvalue weighted by Crippen LogP contribution is -2.50. The summed E-state index contributed by atoms with van der Waals surface area (Å²) < 4.78 is 0.607. The van der Waals surface area contributed by atoms with E-state index in [2.05, 4.69) is 43.4 Å². The highest BCUT2D eigenvalue weighted by Crippen LogP contribution is 2.60. The summed E-state index contributed by atoms with van der Waals surface area (Å²) in [5, 5.41) is 0. The monoisotopic (exact) mass is 266 g/mol. The number of halogens is 1. The Hall–Kier alpha value is 0.730. The maximum atomic E-state index is 2.67. The molecular formula is C10H19I. The zero-order valence-corrected chi connectivity index (χ0v) is 10.1. The van der Waals surface area contributed by atoms with Crippen molar-refractivity contribution in [1.29, 1.82) is 0 Å². The molecule has 1 fully saturated rings. The van der Waals surface area contributed by atoms with Crippen molar-refractivity contribution in [1.82, 2.24) is 0 Å². The number of hydrogen-bond donors (Lipinski definition) is 0. The van der Waals surface area contributed by atoms with E-state index in [1.807, 2.05) is 0 Å². The van der Waals surface area contributed by atoms with Gasteiger partial charge in [0, 0.05) is 3.42 Å². The second-order valence-corrected chi connectivity index (χ2v) is 6.46. The van der Waals surface area contributed by atoms with Crippen LogP contribution in [0.25, 0.3) is 0 Å². The highest BCUT2D eigenvalue weighted by molar-refractivity contribution is 14.1. The van der Waals surface area contributed by atoms with E-state index in [0.29, 0.717) is 8.84 Å². The van der Waals surface area contributed by atoms with E-state index in [9.17, 15) is 0 Å². The van der Waals surface area contributed by atoms with Crippen molar-refractivity contribution in [3.8, 4) is 0 Å². The molecule has 0 N–H and O–H groups in total. The molecule has 1 heteroatoms. The number of rotatable bonds is 3. The van der Waals surface area contributed by atoms with Gasteiger partial charge in [0.1, 0.15) is 0 Å². The molecule has 0 aromatic carbocycles. The molecule has 0 nitrogen and oxygen atoms in total. The Balaban J connectivity index is 2.62. The molecular weight excluding hydrogens is 247 g/mol. The first-order valence-corrected chi connectivity index (χ1v) is 5.85. The van der Waals surface area contributed by atoms with Crippen molar-refractivity contribution < 1.29 is 0 Å². The Bertz CT molecular complexity index is 136. The van der Waals surface area contributed by atoms with Gasteiger partial charge in [0.2, 0.25) is 0 Å². The van der Waals surface area contributed by atoms with Gasteiger partial charge in [-0.3, -0.25) is 0 Å². The van der Waals surface area contributed by atoms with Gasteiger partial charge >= 0.3 is 0 Å². The Labute approximate surface area is 84.3 Å². The van der Waals surface area contributed by atoms with E-state index in [1.165, 1.54) is 32.1 Å². The predicted molar refractivity (Wildman–Crippen MR) is 59.3 cm³/mol. The minimum Gasteiger partial charge on any atom is -0.0786 e. The maximum absolute atomic E-state index is 2.67. The zero-order chi connectivity index (χ0) is 8.54. The fourth-order valence-electron chi connectivity index (χ4n) is 2.41. The maximum Gasteiger partial charge on any atom is 0.0250 e. The molecule has 0 amide bonds. The molecule has 1 rings (SSSR count). The third kappa shape index (κ3) is 1.45. The first-order chi connectivity index (χ1) is 5.08. The van der Waals surface area contributed by atoms with E-state index in [0.717, 1.165) is 0 Å². The molecule has 1 aliphatic carbocycles. The topological polar surface area (TPSA) is 0 Å². The molecule has 0 saturated heterocycles. The van der Waals surface area contributed by atoms with Crippen molar-refractivity contribution >= 4 is 22.6 Å². The third-order valence-electron chi connectivity index (χ3n) is 3.58. The van der Waals surface area contributed by atoms with Crippen molar-refractivity contribution in [2.45, 2.75) is 56.3 Å². The molecule has 2 unspecified atom stereocenters. The van der Waals surface area contributed by atoms with Gasteiger partial charge in [-0.2, -0.15) is 0 Å². The van der Waals surface area contributed by atoms with Gasteiger partial charge in [-0.15, -0.1) is 0 Å². The van der Waals surface area contributed by atoms with E-state index in [-0.39, 0.29) is 0 Å². The summed E-state index contributed by atoms with van der Waals surface area (Å²) in [6.45, 7) is 7.09. The quantitative estimate of drug-likeness (QED) is 0.531. The smallest absolute Gasteiger partial charge is 0.0250 e. The predicted octanol–water partition coefficient (Wildman–Crippen LogP) is 4.17. The molecule has 66 valence electrons. The SMILES string of the molecule is CCCC1(CC)CCC1(C)I. The minimum atomic E-state index is 0.607. The molecule has 11 heavy (non-hydrogen) atoms. The van der Waals surface area contributed by atoms with E-state index in [1.54, 1.807) is 0 Å². The third-order valence-corrected chi connectivity index (χ3v) is 5.27. The molecule has 1 saturated carbocycles. The number of alkyl halides is 1. The van der Waals surface area contributed by atoms with Crippen molar-refractivity contribution in [3.05, 3.63) is 0 Å². The van der Waals surface area contributed by atoms with Gasteiger partial charge in [0.05, 0.1) is 0 Å². The van der Waals surface area contributed by atoms with Crippen LogP contribution in [-0.2, 0) is 0 Å². The highest BCUT2D eigenvalue weighted by Gasteiger charge is 2.51. The molecule has 0 bridgehead atoms. The molecule has 0 aromatic heterocycles. The second-order valence-electron chi connectivity index (χ2n) is 4.08. The summed E-state index contributed by atoms with van der Waals surface area (Å²) in [7, 11) is 0. The summed E-state index contributed by atoms with van der Waals surface area (Å²) in [5.41, 5.74) is 0.697. The molecule has 0 spiro atoms. The summed E-state index contributed by atoms with van der Waals surface area (Å²) in [4.78, 5) is 0. The van der Waals surface area contributed by atoms with Gasteiger partial charge in [-0.05, 0) is 31.1 Å². The summed E-state index contributed by atoms with van der Waals surface area (Å²) >= 11 is 2.67. The molecule has 0 heterocycles. The van der Waals surface area contributed by atoms with E-state index < -0.39 is 0 Å². The molecule has 0 aromatic rings. The molecule has 0 radical (unpaired) electrons. The lowest BCUT2D eigenvalue weighted by Gasteiger charge is -2.55. The fraction of sp³-hybridized carbons (Fsp3) is 1.00. The Morgan fingerprint density at radius 3 is 2.00 bits per heavy atom. The molecule has 0 aliphatic heterocycles. The lowest BCUT2D eigenvalue weighted by molar-refractivity contribution is 0.0708. The Morgan fingerprint density at radius 2 is 1.91 bits per heavy atom. The first-order valence-electron chi connectivity index (χ1n) is 4.77. The lowest BCUT2D eigenvalue weighted by atomic mass is 9.57. The van der Waals surface area contributed by atoms with Gasteiger partial charge in [0.15, 0.2) is 0 Å². The van der Waals surface area contributed by atoms with Crippen LogP contribution in [0.3, 0.4) is 0 Å². The Kier molecular flexibility index (Phi) is 2.88. The van der Waals surface area contributed by atoms with Crippen LogP contribution in [0.5, 0.6) is 0 Å². The highest BCUT2D eigenvalue weighted by atomic mass is 127. The van der Waals surface area contributed by atoms with Gasteiger partial charge in [-0.25, -0.2) is 0 Å². The van der Waals surface area contributed by atoms with Crippen molar-refractivity contribution in [2.24, 2.45) is 5.41 Å². The van der Waals surface area contributed by atoms with Crippen LogP contribution >= 0.6 is 22.6 Å². The van der Waals surface area contributed by atoms with Crippen LogP contribution in [0.2, 0.25) is 0 Å². The van der Waals surface area contributed by atoms with Crippen LogP contribution in [0, 0.1) is 5.41 Å². The Morgan fingerprint density at radius 1 is 1.27 bits per heavy atom. The number of hydrogen-bond acceptors (Lipinski definition) is 0. The van der Waals surface area contributed by atoms with Gasteiger partial charge in [0.25, 0.3) is 0 Å². The summed E-state index contributed by atoms with van der Waals surface area (Å²) in [6.07, 6.45) is 7.06. The minimum absolute atomic E-state index is 0.607. The van der Waals surface area contributed by atoms with Gasteiger partial charge < -0.3 is 0 Å². The molecule has 2 atom stereocenters.